The first-order valence-corrected chi connectivity index (χ1v) is 6.19. The largest absolute Gasteiger partial charge is 0.348 e. The second-order valence-corrected chi connectivity index (χ2v) is 4.32. The molecular weight excluding hydrogens is 256 g/mol. The van der Waals surface area contributed by atoms with Gasteiger partial charge in [-0.1, -0.05) is 35.5 Å². The highest BCUT2D eigenvalue weighted by Crippen LogP contribution is 2.08. The minimum absolute atomic E-state index is 0.156. The lowest BCUT2D eigenvalue weighted by molar-refractivity contribution is -0.123. The Hall–Kier alpha value is -2.68. The third-order valence-corrected chi connectivity index (χ3v) is 2.75. The quantitative estimate of drug-likeness (QED) is 0.886. The van der Waals surface area contributed by atoms with Crippen LogP contribution in [-0.4, -0.2) is 16.0 Å². The molecule has 0 radical (unpaired) electrons. The van der Waals surface area contributed by atoms with Gasteiger partial charge < -0.3 is 9.84 Å². The average molecular weight is 270 g/mol. The van der Waals surface area contributed by atoms with Crippen LogP contribution < -0.4 is 5.32 Å². The summed E-state index contributed by atoms with van der Waals surface area (Å²) in [6.45, 7) is 1.83. The third kappa shape index (κ3) is 3.65. The van der Waals surface area contributed by atoms with Gasteiger partial charge in [0.1, 0.15) is 5.92 Å². The highest BCUT2D eigenvalue weighted by atomic mass is 16.5. The fraction of sp³-hybridized carbons (Fsp3) is 0.286. The smallest absolute Gasteiger partial charge is 0.238 e. The highest BCUT2D eigenvalue weighted by molar-refractivity contribution is 5.81. The molecule has 2 aromatic rings. The summed E-state index contributed by atoms with van der Waals surface area (Å²) in [6.07, 6.45) is 0.383. The molecule has 0 bridgehead atoms. The van der Waals surface area contributed by atoms with Gasteiger partial charge in [0.2, 0.25) is 11.8 Å². The van der Waals surface area contributed by atoms with Crippen molar-refractivity contribution in [3.05, 3.63) is 47.6 Å². The molecule has 0 saturated heterocycles. The molecule has 0 saturated carbocycles. The van der Waals surface area contributed by atoms with Crippen LogP contribution in [0.3, 0.4) is 0 Å². The van der Waals surface area contributed by atoms with E-state index in [2.05, 4.69) is 15.5 Å². The number of nitrogens with one attached hydrogen (secondary N) is 1. The van der Waals surface area contributed by atoms with Crippen molar-refractivity contribution in [1.29, 1.82) is 5.26 Å². The normalized spacial score (nSPS) is 11.6. The molecule has 102 valence electrons. The van der Waals surface area contributed by atoms with E-state index in [4.69, 9.17) is 9.78 Å². The Balaban J connectivity index is 1.91. The lowest BCUT2D eigenvalue weighted by Crippen LogP contribution is -2.31. The van der Waals surface area contributed by atoms with Gasteiger partial charge in [-0.05, 0) is 12.0 Å². The first-order valence-electron chi connectivity index (χ1n) is 6.19. The van der Waals surface area contributed by atoms with Gasteiger partial charge in [-0.2, -0.15) is 10.2 Å². The van der Waals surface area contributed by atoms with Crippen LogP contribution in [0.5, 0.6) is 0 Å². The standard InChI is InChI=1S/C14H14N4O2/c1-10-17-13(18-20-10)9-16-14(19)12(8-15)7-11-5-3-2-4-6-11/h2-6,12H,7,9H2,1H3,(H,16,19). The van der Waals surface area contributed by atoms with Crippen LogP contribution in [0.1, 0.15) is 17.3 Å². The summed E-state index contributed by atoms with van der Waals surface area (Å²) in [5.41, 5.74) is 0.949. The van der Waals surface area contributed by atoms with Crippen molar-refractivity contribution in [3.63, 3.8) is 0 Å². The van der Waals surface area contributed by atoms with Gasteiger partial charge in [-0.15, -0.1) is 0 Å². The molecule has 0 aliphatic rings. The Bertz CT molecular complexity index is 616. The number of hydrogen-bond acceptors (Lipinski definition) is 5. The molecule has 1 amide bonds. The molecule has 6 nitrogen and oxygen atoms in total. The number of hydrogen-bond donors (Lipinski definition) is 1. The van der Waals surface area contributed by atoms with E-state index in [9.17, 15) is 4.79 Å². The number of aryl methyl sites for hydroxylation is 1. The molecule has 2 rings (SSSR count). The monoisotopic (exact) mass is 270 g/mol. The Morgan fingerprint density at radius 1 is 1.45 bits per heavy atom. The lowest BCUT2D eigenvalue weighted by Gasteiger charge is -2.08. The van der Waals surface area contributed by atoms with Crippen molar-refractivity contribution < 1.29 is 9.32 Å². The zero-order valence-corrected chi connectivity index (χ0v) is 11.0. The van der Waals surface area contributed by atoms with Gasteiger partial charge in [-0.3, -0.25) is 4.79 Å². The zero-order chi connectivity index (χ0) is 14.4. The van der Waals surface area contributed by atoms with E-state index in [0.717, 1.165) is 5.56 Å². The second kappa shape index (κ2) is 6.48. The molecule has 20 heavy (non-hydrogen) atoms. The minimum Gasteiger partial charge on any atom is -0.348 e. The molecule has 0 aliphatic carbocycles. The van der Waals surface area contributed by atoms with Crippen molar-refractivity contribution in [2.45, 2.75) is 19.9 Å². The fourth-order valence-corrected chi connectivity index (χ4v) is 1.75. The first-order chi connectivity index (χ1) is 9.69. The molecule has 1 unspecified atom stereocenters. The maximum atomic E-state index is 11.9. The van der Waals surface area contributed by atoms with Gasteiger partial charge in [0.15, 0.2) is 5.82 Å². The van der Waals surface area contributed by atoms with E-state index in [-0.39, 0.29) is 12.5 Å². The van der Waals surface area contributed by atoms with Crippen molar-refractivity contribution in [3.8, 4) is 6.07 Å². The molecule has 1 heterocycles. The van der Waals surface area contributed by atoms with Crippen LogP contribution >= 0.6 is 0 Å². The molecule has 6 heteroatoms. The summed E-state index contributed by atoms with van der Waals surface area (Å²) >= 11 is 0. The summed E-state index contributed by atoms with van der Waals surface area (Å²) in [5.74, 6) is -0.230. The number of carbonyl (C=O) groups is 1. The Labute approximate surface area is 116 Å². The zero-order valence-electron chi connectivity index (χ0n) is 11.0. The topological polar surface area (TPSA) is 91.8 Å². The third-order valence-electron chi connectivity index (χ3n) is 2.75. The predicted molar refractivity (Wildman–Crippen MR) is 70.1 cm³/mol. The van der Waals surface area contributed by atoms with E-state index in [1.54, 1.807) is 6.92 Å². The van der Waals surface area contributed by atoms with E-state index >= 15 is 0 Å². The predicted octanol–water partition coefficient (Wildman–Crippen LogP) is 1.38. The fourth-order valence-electron chi connectivity index (χ4n) is 1.75. The van der Waals surface area contributed by atoms with Gasteiger partial charge in [-0.25, -0.2) is 0 Å². The van der Waals surface area contributed by atoms with Crippen molar-refractivity contribution >= 4 is 5.91 Å². The number of carbonyl (C=O) groups excluding carboxylic acids is 1. The van der Waals surface area contributed by atoms with Gasteiger partial charge in [0, 0.05) is 6.92 Å². The lowest BCUT2D eigenvalue weighted by atomic mass is 10.00. The summed E-state index contributed by atoms with van der Waals surface area (Å²) < 4.78 is 4.80. The van der Waals surface area contributed by atoms with Crippen molar-refractivity contribution in [2.75, 3.05) is 0 Å². The van der Waals surface area contributed by atoms with Crippen LogP contribution in [-0.2, 0) is 17.8 Å². The maximum Gasteiger partial charge on any atom is 0.238 e. The molecule has 1 atom stereocenters. The van der Waals surface area contributed by atoms with E-state index < -0.39 is 5.92 Å². The Kier molecular flexibility index (Phi) is 4.45. The molecule has 0 spiro atoms. The van der Waals surface area contributed by atoms with Crippen LogP contribution in [0, 0.1) is 24.2 Å². The van der Waals surface area contributed by atoms with Crippen molar-refractivity contribution in [2.24, 2.45) is 5.92 Å². The van der Waals surface area contributed by atoms with Crippen LogP contribution in [0.15, 0.2) is 34.9 Å². The summed E-state index contributed by atoms with van der Waals surface area (Å²) in [5, 5.41) is 15.4. The van der Waals surface area contributed by atoms with Gasteiger partial charge in [0.05, 0.1) is 12.6 Å². The average Bonchev–Trinajstić information content (AvgIpc) is 2.89. The molecule has 0 aliphatic heterocycles. The summed E-state index contributed by atoms with van der Waals surface area (Å²) in [6, 6.07) is 11.4. The maximum absolute atomic E-state index is 11.9. The first kappa shape index (κ1) is 13.7. The SMILES string of the molecule is Cc1nc(CNC(=O)C(C#N)Cc2ccccc2)no1. The van der Waals surface area contributed by atoms with Crippen molar-refractivity contribution in [1.82, 2.24) is 15.5 Å². The molecule has 0 fully saturated rings. The number of nitrogens with zero attached hydrogens (tertiary/aromatic N) is 3. The Morgan fingerprint density at radius 3 is 2.80 bits per heavy atom. The van der Waals surface area contributed by atoms with Gasteiger partial charge in [0.25, 0.3) is 0 Å². The molecule has 1 aromatic carbocycles. The summed E-state index contributed by atoms with van der Waals surface area (Å²) in [4.78, 5) is 15.9. The Morgan fingerprint density at radius 2 is 2.20 bits per heavy atom. The summed E-state index contributed by atoms with van der Waals surface area (Å²) in [7, 11) is 0. The second-order valence-electron chi connectivity index (χ2n) is 4.32. The van der Waals surface area contributed by atoms with Gasteiger partial charge >= 0.3 is 0 Å². The highest BCUT2D eigenvalue weighted by Gasteiger charge is 2.18. The van der Waals surface area contributed by atoms with Crippen LogP contribution in [0.4, 0.5) is 0 Å². The van der Waals surface area contributed by atoms with E-state index in [1.807, 2.05) is 36.4 Å². The number of rotatable bonds is 5. The molecular formula is C14H14N4O2. The minimum atomic E-state index is -0.731. The number of aromatic nitrogens is 2. The van der Waals surface area contributed by atoms with E-state index in [0.29, 0.717) is 18.1 Å². The van der Waals surface area contributed by atoms with E-state index in [1.165, 1.54) is 0 Å². The number of nitriles is 1. The van der Waals surface area contributed by atoms with Crippen LogP contribution in [0.2, 0.25) is 0 Å². The van der Waals surface area contributed by atoms with Crippen LogP contribution in [0.25, 0.3) is 0 Å². The number of amides is 1. The number of benzene rings is 1. The molecule has 1 aromatic heterocycles. The molecule has 1 N–H and O–H groups in total.